The Morgan fingerprint density at radius 3 is 2.89 bits per heavy atom. The summed E-state index contributed by atoms with van der Waals surface area (Å²) in [5, 5.41) is 7.39. The lowest BCUT2D eigenvalue weighted by Gasteiger charge is -2.11. The van der Waals surface area contributed by atoms with Gasteiger partial charge in [-0.3, -0.25) is 4.79 Å². The van der Waals surface area contributed by atoms with Gasteiger partial charge in [0.25, 0.3) is 5.91 Å². The van der Waals surface area contributed by atoms with E-state index < -0.39 is 0 Å². The van der Waals surface area contributed by atoms with Crippen molar-refractivity contribution in [3.8, 4) is 0 Å². The van der Waals surface area contributed by atoms with Gasteiger partial charge in [0.05, 0.1) is 17.4 Å². The Hall–Kier alpha value is -1.91. The van der Waals surface area contributed by atoms with E-state index in [-0.39, 0.29) is 11.9 Å². The zero-order valence-electron chi connectivity index (χ0n) is 11.5. The number of aromatic nitrogens is 3. The molecule has 5 heteroatoms. The number of nitrogens with one attached hydrogen (secondary N) is 1. The highest BCUT2D eigenvalue weighted by molar-refractivity contribution is 5.92. The average molecular weight is 258 g/mol. The van der Waals surface area contributed by atoms with E-state index in [2.05, 4.69) is 22.3 Å². The summed E-state index contributed by atoms with van der Waals surface area (Å²) in [6.45, 7) is 5.97. The van der Waals surface area contributed by atoms with Crippen molar-refractivity contribution in [1.82, 2.24) is 19.9 Å². The molecule has 1 atom stereocenters. The largest absolute Gasteiger partial charge is 0.347 e. The van der Waals surface area contributed by atoms with Crippen LogP contribution in [0.5, 0.6) is 0 Å². The third-order valence-electron chi connectivity index (χ3n) is 3.72. The van der Waals surface area contributed by atoms with Crippen molar-refractivity contribution in [2.45, 2.75) is 39.7 Å². The van der Waals surface area contributed by atoms with Crippen LogP contribution in [-0.2, 0) is 0 Å². The number of rotatable bonds is 3. The lowest BCUT2D eigenvalue weighted by molar-refractivity contribution is 0.0923. The molecule has 1 aliphatic carbocycles. The maximum Gasteiger partial charge on any atom is 0.289 e. The second-order valence-electron chi connectivity index (χ2n) is 5.45. The van der Waals surface area contributed by atoms with Crippen molar-refractivity contribution in [2.24, 2.45) is 5.92 Å². The third kappa shape index (κ3) is 2.20. The standard InChI is InChI=1S/C14H18N4O/c1-8-6-9(2)17-18-12(8)7-15-13(18)14(19)16-10(3)11-4-5-11/h6-7,10-11H,4-5H2,1-3H3,(H,16,19)/t10-/m0/s1. The van der Waals surface area contributed by atoms with Gasteiger partial charge in [-0.15, -0.1) is 0 Å². The van der Waals surface area contributed by atoms with Crippen LogP contribution >= 0.6 is 0 Å². The summed E-state index contributed by atoms with van der Waals surface area (Å²) in [6.07, 6.45) is 4.12. The third-order valence-corrected chi connectivity index (χ3v) is 3.72. The van der Waals surface area contributed by atoms with Gasteiger partial charge in [0.15, 0.2) is 0 Å². The van der Waals surface area contributed by atoms with E-state index >= 15 is 0 Å². The molecular formula is C14H18N4O. The summed E-state index contributed by atoms with van der Waals surface area (Å²) in [4.78, 5) is 16.5. The van der Waals surface area contributed by atoms with E-state index in [1.54, 1.807) is 10.7 Å². The number of carbonyl (C=O) groups excluding carboxylic acids is 1. The number of imidazole rings is 1. The lowest BCUT2D eigenvalue weighted by Crippen LogP contribution is -2.35. The summed E-state index contributed by atoms with van der Waals surface area (Å²) in [5.41, 5.74) is 2.84. The van der Waals surface area contributed by atoms with Crippen molar-refractivity contribution in [3.05, 3.63) is 29.3 Å². The van der Waals surface area contributed by atoms with Crippen molar-refractivity contribution in [1.29, 1.82) is 0 Å². The van der Waals surface area contributed by atoms with Gasteiger partial charge in [-0.2, -0.15) is 5.10 Å². The molecule has 0 radical (unpaired) electrons. The number of carbonyl (C=O) groups is 1. The smallest absolute Gasteiger partial charge is 0.289 e. The van der Waals surface area contributed by atoms with Crippen LogP contribution in [-0.4, -0.2) is 26.5 Å². The summed E-state index contributed by atoms with van der Waals surface area (Å²) in [5.74, 6) is 0.859. The van der Waals surface area contributed by atoms with Gasteiger partial charge in [0, 0.05) is 6.04 Å². The number of amides is 1. The van der Waals surface area contributed by atoms with E-state index in [1.165, 1.54) is 12.8 Å². The monoisotopic (exact) mass is 258 g/mol. The van der Waals surface area contributed by atoms with E-state index in [4.69, 9.17) is 0 Å². The molecule has 0 aliphatic heterocycles. The fourth-order valence-corrected chi connectivity index (χ4v) is 2.43. The molecule has 2 aromatic heterocycles. The first kappa shape index (κ1) is 12.1. The van der Waals surface area contributed by atoms with Crippen molar-refractivity contribution < 1.29 is 4.79 Å². The molecular weight excluding hydrogens is 240 g/mol. The topological polar surface area (TPSA) is 59.3 Å². The first-order valence-electron chi connectivity index (χ1n) is 6.69. The van der Waals surface area contributed by atoms with E-state index in [0.29, 0.717) is 11.7 Å². The van der Waals surface area contributed by atoms with E-state index in [1.807, 2.05) is 19.9 Å². The highest BCUT2D eigenvalue weighted by Crippen LogP contribution is 2.32. The minimum atomic E-state index is -0.142. The Labute approximate surface area is 112 Å². The van der Waals surface area contributed by atoms with Gasteiger partial charge in [0.1, 0.15) is 0 Å². The Bertz CT molecular complexity index is 642. The molecule has 1 amide bonds. The summed E-state index contributed by atoms with van der Waals surface area (Å²) in [6, 6.07) is 2.21. The molecule has 5 nitrogen and oxygen atoms in total. The van der Waals surface area contributed by atoms with Gasteiger partial charge in [-0.1, -0.05) is 0 Å². The van der Waals surface area contributed by atoms with Gasteiger partial charge in [-0.25, -0.2) is 9.50 Å². The SMILES string of the molecule is Cc1cc(C)c2cnc(C(=O)N[C@@H](C)C3CC3)n2n1. The highest BCUT2D eigenvalue weighted by atomic mass is 16.2. The minimum Gasteiger partial charge on any atom is -0.347 e. The van der Waals surface area contributed by atoms with Gasteiger partial charge < -0.3 is 5.32 Å². The van der Waals surface area contributed by atoms with E-state index in [0.717, 1.165) is 16.8 Å². The quantitative estimate of drug-likeness (QED) is 0.914. The Morgan fingerprint density at radius 1 is 1.47 bits per heavy atom. The molecule has 19 heavy (non-hydrogen) atoms. The molecule has 1 fully saturated rings. The first-order chi connectivity index (χ1) is 9.06. The summed E-state index contributed by atoms with van der Waals surface area (Å²) in [7, 11) is 0. The Kier molecular flexibility index (Phi) is 2.77. The lowest BCUT2D eigenvalue weighted by atomic mass is 10.2. The minimum absolute atomic E-state index is 0.142. The maximum absolute atomic E-state index is 12.3. The van der Waals surface area contributed by atoms with Crippen molar-refractivity contribution >= 4 is 11.4 Å². The zero-order valence-corrected chi connectivity index (χ0v) is 11.5. The molecule has 3 rings (SSSR count). The number of fused-ring (bicyclic) bond motifs is 1. The Morgan fingerprint density at radius 2 is 2.21 bits per heavy atom. The van der Waals surface area contributed by atoms with Crippen LogP contribution in [0.2, 0.25) is 0 Å². The fourth-order valence-electron chi connectivity index (χ4n) is 2.43. The normalized spacial score (nSPS) is 16.6. The molecule has 1 aliphatic rings. The van der Waals surface area contributed by atoms with Crippen LogP contribution < -0.4 is 5.32 Å². The van der Waals surface area contributed by atoms with Crippen LogP contribution in [0.15, 0.2) is 12.3 Å². The predicted molar refractivity (Wildman–Crippen MR) is 72.1 cm³/mol. The molecule has 0 spiro atoms. The molecule has 0 unspecified atom stereocenters. The summed E-state index contributed by atoms with van der Waals surface area (Å²) < 4.78 is 1.64. The second-order valence-corrected chi connectivity index (χ2v) is 5.45. The molecule has 0 saturated heterocycles. The summed E-state index contributed by atoms with van der Waals surface area (Å²) >= 11 is 0. The van der Waals surface area contributed by atoms with Crippen LogP contribution in [0.25, 0.3) is 5.52 Å². The van der Waals surface area contributed by atoms with Crippen molar-refractivity contribution in [3.63, 3.8) is 0 Å². The molecule has 0 bridgehead atoms. The molecule has 100 valence electrons. The van der Waals surface area contributed by atoms with Crippen LogP contribution in [0.3, 0.4) is 0 Å². The zero-order chi connectivity index (χ0) is 13.6. The first-order valence-corrected chi connectivity index (χ1v) is 6.69. The highest BCUT2D eigenvalue weighted by Gasteiger charge is 2.30. The number of nitrogens with zero attached hydrogens (tertiary/aromatic N) is 3. The van der Waals surface area contributed by atoms with Crippen LogP contribution in [0.1, 0.15) is 41.6 Å². The maximum atomic E-state index is 12.3. The number of hydrogen-bond donors (Lipinski definition) is 1. The predicted octanol–water partition coefficient (Wildman–Crippen LogP) is 1.87. The van der Waals surface area contributed by atoms with Crippen LogP contribution in [0.4, 0.5) is 0 Å². The van der Waals surface area contributed by atoms with Gasteiger partial charge in [-0.05, 0) is 51.2 Å². The molecule has 0 aromatic carbocycles. The molecule has 1 N–H and O–H groups in total. The fraction of sp³-hybridized carbons (Fsp3) is 0.500. The van der Waals surface area contributed by atoms with Crippen molar-refractivity contribution in [2.75, 3.05) is 0 Å². The van der Waals surface area contributed by atoms with E-state index in [9.17, 15) is 4.79 Å². The van der Waals surface area contributed by atoms with Gasteiger partial charge in [0.2, 0.25) is 5.82 Å². The average Bonchev–Trinajstić information content (AvgIpc) is 3.09. The number of aryl methyl sites for hydroxylation is 2. The molecule has 2 heterocycles. The van der Waals surface area contributed by atoms with Crippen LogP contribution in [0, 0.1) is 19.8 Å². The number of hydrogen-bond acceptors (Lipinski definition) is 3. The van der Waals surface area contributed by atoms with Gasteiger partial charge >= 0.3 is 0 Å². The molecule has 2 aromatic rings. The Balaban J connectivity index is 1.93. The second kappa shape index (κ2) is 4.33. The molecule has 1 saturated carbocycles.